The zero-order valence-corrected chi connectivity index (χ0v) is 10.7. The van der Waals surface area contributed by atoms with Crippen molar-refractivity contribution in [2.45, 2.75) is 39.8 Å². The van der Waals surface area contributed by atoms with Gasteiger partial charge in [-0.2, -0.15) is 0 Å². The fraction of sp³-hybridized carbons (Fsp3) is 0.500. The minimum absolute atomic E-state index is 0.0174. The Kier molecular flexibility index (Phi) is 4.69. The highest BCUT2D eigenvalue weighted by atomic mass is 16.1. The Labute approximate surface area is 98.3 Å². The largest absolute Gasteiger partial charge is 0.298 e. The summed E-state index contributed by atoms with van der Waals surface area (Å²) in [6.07, 6.45) is 1.25. The second-order valence-electron chi connectivity index (χ2n) is 4.33. The van der Waals surface area contributed by atoms with Gasteiger partial charge >= 0.3 is 0 Å². The zero-order valence-electron chi connectivity index (χ0n) is 10.7. The Morgan fingerprint density at radius 2 is 1.94 bits per heavy atom. The smallest absolute Gasteiger partial charge is 0.151 e. The molecule has 0 saturated heterocycles. The van der Waals surface area contributed by atoms with Gasteiger partial charge in [0.25, 0.3) is 0 Å². The SMILES string of the molecule is CC(=O)C1c2ccccc2CN1C.CCC. The van der Waals surface area contributed by atoms with Crippen LogP contribution >= 0.6 is 0 Å². The predicted octanol–water partition coefficient (Wildman–Crippen LogP) is 3.18. The van der Waals surface area contributed by atoms with Crippen molar-refractivity contribution in [3.8, 4) is 0 Å². The van der Waals surface area contributed by atoms with Gasteiger partial charge in [-0.1, -0.05) is 44.5 Å². The molecule has 0 spiro atoms. The van der Waals surface area contributed by atoms with E-state index in [4.69, 9.17) is 0 Å². The summed E-state index contributed by atoms with van der Waals surface area (Å²) in [5, 5.41) is 0. The summed E-state index contributed by atoms with van der Waals surface area (Å²) in [4.78, 5) is 13.5. The van der Waals surface area contributed by atoms with Crippen LogP contribution in [0.2, 0.25) is 0 Å². The van der Waals surface area contributed by atoms with E-state index >= 15 is 0 Å². The van der Waals surface area contributed by atoms with Crippen molar-refractivity contribution < 1.29 is 4.79 Å². The Morgan fingerprint density at radius 3 is 2.50 bits per heavy atom. The summed E-state index contributed by atoms with van der Waals surface area (Å²) in [6.45, 7) is 6.80. The third-order valence-electron chi connectivity index (χ3n) is 2.60. The van der Waals surface area contributed by atoms with Gasteiger partial charge in [-0.15, -0.1) is 0 Å². The molecule has 0 aliphatic carbocycles. The van der Waals surface area contributed by atoms with Crippen molar-refractivity contribution in [3.05, 3.63) is 35.4 Å². The number of ketones is 1. The highest BCUT2D eigenvalue weighted by Gasteiger charge is 2.29. The standard InChI is InChI=1S/C11H13NO.C3H8/c1-8(13)11-10-6-4-3-5-9(10)7-12(11)2;1-3-2/h3-6,11H,7H2,1-2H3;3H2,1-2H3. The number of carbonyl (C=O) groups excluding carboxylic acids is 1. The Morgan fingerprint density at radius 1 is 1.38 bits per heavy atom. The molecule has 2 rings (SSSR count). The number of hydrogen-bond donors (Lipinski definition) is 0. The first-order valence-electron chi connectivity index (χ1n) is 5.90. The molecule has 0 saturated carbocycles. The number of benzene rings is 1. The van der Waals surface area contributed by atoms with Gasteiger partial charge in [-0.3, -0.25) is 9.69 Å². The van der Waals surface area contributed by atoms with Gasteiger partial charge in [-0.25, -0.2) is 0 Å². The van der Waals surface area contributed by atoms with E-state index in [-0.39, 0.29) is 11.8 Å². The molecule has 2 nitrogen and oxygen atoms in total. The molecule has 1 aliphatic heterocycles. The molecule has 1 aliphatic rings. The molecule has 1 aromatic carbocycles. The summed E-state index contributed by atoms with van der Waals surface area (Å²) in [5.41, 5.74) is 2.46. The minimum atomic E-state index is -0.0174. The zero-order chi connectivity index (χ0) is 12.1. The van der Waals surface area contributed by atoms with Gasteiger partial charge in [0.05, 0.1) is 6.04 Å². The molecule has 0 aromatic heterocycles. The summed E-state index contributed by atoms with van der Waals surface area (Å²) < 4.78 is 0. The first-order chi connectivity index (χ1) is 7.61. The van der Waals surface area contributed by atoms with E-state index < -0.39 is 0 Å². The lowest BCUT2D eigenvalue weighted by molar-refractivity contribution is -0.121. The topological polar surface area (TPSA) is 20.3 Å². The lowest BCUT2D eigenvalue weighted by atomic mass is 10.0. The van der Waals surface area contributed by atoms with Crippen molar-refractivity contribution in [3.63, 3.8) is 0 Å². The molecule has 1 aromatic rings. The number of hydrogen-bond acceptors (Lipinski definition) is 2. The molecule has 2 heteroatoms. The average Bonchev–Trinajstić information content (AvgIpc) is 2.54. The van der Waals surface area contributed by atoms with E-state index in [1.54, 1.807) is 6.92 Å². The van der Waals surface area contributed by atoms with Crippen molar-refractivity contribution >= 4 is 5.78 Å². The van der Waals surface area contributed by atoms with E-state index in [9.17, 15) is 4.79 Å². The van der Waals surface area contributed by atoms with Gasteiger partial charge in [0.1, 0.15) is 0 Å². The van der Waals surface area contributed by atoms with Gasteiger partial charge < -0.3 is 0 Å². The number of carbonyl (C=O) groups is 1. The van der Waals surface area contributed by atoms with Crippen LogP contribution in [0.5, 0.6) is 0 Å². The Hall–Kier alpha value is -1.15. The van der Waals surface area contributed by atoms with E-state index in [0.717, 1.165) is 6.54 Å². The van der Waals surface area contributed by atoms with Crippen LogP contribution in [0.15, 0.2) is 24.3 Å². The fourth-order valence-electron chi connectivity index (χ4n) is 2.07. The first-order valence-corrected chi connectivity index (χ1v) is 5.90. The molecule has 0 bridgehead atoms. The second kappa shape index (κ2) is 5.80. The third-order valence-corrected chi connectivity index (χ3v) is 2.60. The molecule has 88 valence electrons. The summed E-state index contributed by atoms with van der Waals surface area (Å²) in [5.74, 6) is 0.229. The molecule has 0 N–H and O–H groups in total. The normalized spacial score (nSPS) is 18.6. The van der Waals surface area contributed by atoms with Crippen LogP contribution in [0.25, 0.3) is 0 Å². The molecule has 1 unspecified atom stereocenters. The van der Waals surface area contributed by atoms with E-state index in [0.29, 0.717) is 0 Å². The van der Waals surface area contributed by atoms with E-state index in [1.165, 1.54) is 17.5 Å². The van der Waals surface area contributed by atoms with Crippen molar-refractivity contribution in [2.75, 3.05) is 7.05 Å². The average molecular weight is 219 g/mol. The lowest BCUT2D eigenvalue weighted by Crippen LogP contribution is -2.22. The van der Waals surface area contributed by atoms with Crippen LogP contribution in [0.4, 0.5) is 0 Å². The number of fused-ring (bicyclic) bond motifs is 1. The molecule has 0 fully saturated rings. The molecular formula is C14H21NO. The molecule has 0 radical (unpaired) electrons. The molecule has 0 amide bonds. The van der Waals surface area contributed by atoms with Crippen LogP contribution in [0.1, 0.15) is 44.4 Å². The summed E-state index contributed by atoms with van der Waals surface area (Å²) in [7, 11) is 1.99. The second-order valence-corrected chi connectivity index (χ2v) is 4.33. The minimum Gasteiger partial charge on any atom is -0.298 e. The highest BCUT2D eigenvalue weighted by molar-refractivity contribution is 5.84. The molecule has 1 heterocycles. The monoisotopic (exact) mass is 219 g/mol. The van der Waals surface area contributed by atoms with Gasteiger partial charge in [-0.05, 0) is 25.1 Å². The molecular weight excluding hydrogens is 198 g/mol. The van der Waals surface area contributed by atoms with Crippen molar-refractivity contribution in [2.24, 2.45) is 0 Å². The number of likely N-dealkylation sites (N-methyl/N-ethyl adjacent to an activating group) is 1. The Balaban J connectivity index is 0.000000386. The maximum atomic E-state index is 11.4. The quantitative estimate of drug-likeness (QED) is 0.723. The molecule has 16 heavy (non-hydrogen) atoms. The van der Waals surface area contributed by atoms with E-state index in [1.807, 2.05) is 25.2 Å². The lowest BCUT2D eigenvalue weighted by Gasteiger charge is -2.16. The van der Waals surface area contributed by atoms with Gasteiger partial charge in [0.15, 0.2) is 5.78 Å². The summed E-state index contributed by atoms with van der Waals surface area (Å²) >= 11 is 0. The number of nitrogens with zero attached hydrogens (tertiary/aromatic N) is 1. The van der Waals surface area contributed by atoms with Gasteiger partial charge in [0.2, 0.25) is 0 Å². The van der Waals surface area contributed by atoms with Crippen LogP contribution in [-0.4, -0.2) is 17.7 Å². The fourth-order valence-corrected chi connectivity index (χ4v) is 2.07. The maximum Gasteiger partial charge on any atom is 0.151 e. The van der Waals surface area contributed by atoms with Crippen LogP contribution < -0.4 is 0 Å². The van der Waals surface area contributed by atoms with E-state index in [2.05, 4.69) is 24.8 Å². The summed E-state index contributed by atoms with van der Waals surface area (Å²) in [6, 6.07) is 8.14. The third kappa shape index (κ3) is 2.70. The first kappa shape index (κ1) is 12.9. The van der Waals surface area contributed by atoms with Crippen LogP contribution in [-0.2, 0) is 11.3 Å². The highest BCUT2D eigenvalue weighted by Crippen LogP contribution is 2.32. The van der Waals surface area contributed by atoms with Gasteiger partial charge in [0, 0.05) is 6.54 Å². The number of Topliss-reactive ketones (excluding diaryl/α,β-unsaturated/α-hetero) is 1. The molecule has 1 atom stereocenters. The van der Waals surface area contributed by atoms with Crippen molar-refractivity contribution in [1.82, 2.24) is 4.90 Å². The number of rotatable bonds is 1. The van der Waals surface area contributed by atoms with Crippen molar-refractivity contribution in [1.29, 1.82) is 0 Å². The maximum absolute atomic E-state index is 11.4. The predicted molar refractivity (Wildman–Crippen MR) is 67.3 cm³/mol. The van der Waals surface area contributed by atoms with Crippen LogP contribution in [0.3, 0.4) is 0 Å². The Bertz CT molecular complexity index is 360. The van der Waals surface area contributed by atoms with Crippen LogP contribution in [0, 0.1) is 0 Å².